The van der Waals surface area contributed by atoms with Gasteiger partial charge in [-0.1, -0.05) is 47.5 Å². The molecular weight excluding hydrogens is 593 g/mol. The van der Waals surface area contributed by atoms with Gasteiger partial charge in [0.2, 0.25) is 5.91 Å². The molecule has 4 amide bonds. The Hall–Kier alpha value is -4.97. The van der Waals surface area contributed by atoms with Crippen molar-refractivity contribution in [1.29, 1.82) is 0 Å². The second-order valence-corrected chi connectivity index (χ2v) is 10.2. The van der Waals surface area contributed by atoms with E-state index in [9.17, 15) is 19.2 Å². The predicted octanol–water partition coefficient (Wildman–Crippen LogP) is 5.53. The number of rotatable bonds is 10. The topological polar surface area (TPSA) is 148 Å². The van der Waals surface area contributed by atoms with Crippen molar-refractivity contribution in [2.75, 3.05) is 41.9 Å². The van der Waals surface area contributed by atoms with Gasteiger partial charge in [0.15, 0.2) is 5.69 Å². The lowest BCUT2D eigenvalue weighted by Crippen LogP contribution is -2.18. The summed E-state index contributed by atoms with van der Waals surface area (Å²) in [6.45, 7) is 0.619. The Labute approximate surface area is 257 Å². The number of halogens is 2. The largest absolute Gasteiger partial charge is 0.322 e. The quantitative estimate of drug-likeness (QED) is 0.147. The molecule has 13 heteroatoms. The van der Waals surface area contributed by atoms with Crippen LogP contribution in [-0.4, -0.2) is 59.4 Å². The molecule has 220 valence electrons. The van der Waals surface area contributed by atoms with Crippen molar-refractivity contribution in [2.45, 2.75) is 0 Å². The molecule has 1 heterocycles. The number of hydrogen-bond acceptors (Lipinski definition) is 6. The molecule has 0 unspecified atom stereocenters. The highest BCUT2D eigenvalue weighted by atomic mass is 35.5. The number of likely N-dealkylation sites (N-methyl/N-ethyl adjacent to an activating group) is 1. The van der Waals surface area contributed by atoms with Crippen LogP contribution in [0.2, 0.25) is 10.0 Å². The molecule has 11 nitrogen and oxygen atoms in total. The van der Waals surface area contributed by atoms with Crippen LogP contribution in [0.4, 0.5) is 22.7 Å². The number of nitrogens with one attached hydrogen (secondary N) is 5. The van der Waals surface area contributed by atoms with Crippen molar-refractivity contribution in [3.8, 4) is 0 Å². The van der Waals surface area contributed by atoms with E-state index >= 15 is 0 Å². The van der Waals surface area contributed by atoms with Gasteiger partial charge in [-0.15, -0.1) is 0 Å². The van der Waals surface area contributed by atoms with Crippen LogP contribution >= 0.6 is 23.2 Å². The summed E-state index contributed by atoms with van der Waals surface area (Å²) in [4.78, 5) is 52.8. The summed E-state index contributed by atoms with van der Waals surface area (Å²) < 4.78 is 0. The average Bonchev–Trinajstić information content (AvgIpc) is 3.41. The number of anilines is 4. The maximum atomic E-state index is 13.0. The fourth-order valence-electron chi connectivity index (χ4n) is 3.82. The zero-order valence-corrected chi connectivity index (χ0v) is 24.6. The van der Waals surface area contributed by atoms with Crippen molar-refractivity contribution in [3.63, 3.8) is 0 Å². The summed E-state index contributed by atoms with van der Waals surface area (Å²) in [6, 6.07) is 17.7. The zero-order chi connectivity index (χ0) is 30.9. The number of benzene rings is 3. The van der Waals surface area contributed by atoms with Gasteiger partial charge in [0.05, 0.1) is 21.3 Å². The van der Waals surface area contributed by atoms with Crippen molar-refractivity contribution in [1.82, 2.24) is 15.1 Å². The molecule has 0 radical (unpaired) electrons. The third kappa shape index (κ3) is 8.52. The number of aromatic nitrogens is 2. The van der Waals surface area contributed by atoms with E-state index in [0.717, 1.165) is 0 Å². The van der Waals surface area contributed by atoms with Gasteiger partial charge in [0, 0.05) is 41.4 Å². The molecule has 0 spiro atoms. The molecule has 0 fully saturated rings. The minimum absolute atomic E-state index is 0.0617. The third-order valence-electron chi connectivity index (χ3n) is 5.80. The highest BCUT2D eigenvalue weighted by Gasteiger charge is 2.20. The number of hydrogen-bond donors (Lipinski definition) is 5. The molecule has 5 N–H and O–H groups in total. The Morgan fingerprint density at radius 3 is 2.07 bits per heavy atom. The summed E-state index contributed by atoms with van der Waals surface area (Å²) in [5.74, 6) is -1.96. The lowest BCUT2D eigenvalue weighted by Gasteiger charge is -2.11. The first-order valence-corrected chi connectivity index (χ1v) is 13.6. The molecule has 0 bridgehead atoms. The number of H-pyrrole nitrogens is 1. The van der Waals surface area contributed by atoms with E-state index in [1.54, 1.807) is 60.7 Å². The van der Waals surface area contributed by atoms with Gasteiger partial charge in [-0.3, -0.25) is 24.3 Å². The Balaban J connectivity index is 1.39. The van der Waals surface area contributed by atoms with E-state index in [1.807, 2.05) is 19.0 Å². The number of carbonyl (C=O) groups excluding carboxylic acids is 4. The summed E-state index contributed by atoms with van der Waals surface area (Å²) in [6.07, 6.45) is 4.52. The van der Waals surface area contributed by atoms with E-state index in [2.05, 4.69) is 31.5 Å². The molecule has 0 aliphatic rings. The number of nitrogens with zero attached hydrogens (tertiary/aromatic N) is 2. The van der Waals surface area contributed by atoms with Gasteiger partial charge in [0.25, 0.3) is 17.7 Å². The Morgan fingerprint density at radius 2 is 1.40 bits per heavy atom. The van der Waals surface area contributed by atoms with Crippen LogP contribution in [0.3, 0.4) is 0 Å². The molecule has 4 rings (SSSR count). The van der Waals surface area contributed by atoms with Gasteiger partial charge >= 0.3 is 0 Å². The average molecular weight is 620 g/mol. The molecule has 0 saturated heterocycles. The Kier molecular flexibility index (Phi) is 10.3. The van der Waals surface area contributed by atoms with Crippen LogP contribution in [0.15, 0.2) is 85.1 Å². The molecular formula is C30H27Cl2N7O4. The molecule has 0 aliphatic carbocycles. The van der Waals surface area contributed by atoms with Crippen LogP contribution in [-0.2, 0) is 4.79 Å². The summed E-state index contributed by atoms with van der Waals surface area (Å²) in [7, 11) is 3.79. The van der Waals surface area contributed by atoms with E-state index in [-0.39, 0.29) is 32.9 Å². The SMILES string of the molecule is CN(C)CC=CC(=O)Nc1cccc(C(=O)Nc2cccc(NC(=O)c3n[nH]cc3NC(=O)c3c(Cl)cccc3Cl)c2)c1. The van der Waals surface area contributed by atoms with E-state index in [1.165, 1.54) is 24.4 Å². The summed E-state index contributed by atoms with van der Waals surface area (Å²) in [5.41, 5.74) is 1.65. The molecule has 0 saturated carbocycles. The number of carbonyl (C=O) groups is 4. The molecule has 0 aliphatic heterocycles. The number of amides is 4. The van der Waals surface area contributed by atoms with Gasteiger partial charge < -0.3 is 26.2 Å². The van der Waals surface area contributed by atoms with Crippen LogP contribution in [0, 0.1) is 0 Å². The van der Waals surface area contributed by atoms with E-state index in [4.69, 9.17) is 23.2 Å². The van der Waals surface area contributed by atoms with Crippen molar-refractivity contribution in [3.05, 3.63) is 112 Å². The Morgan fingerprint density at radius 1 is 0.791 bits per heavy atom. The minimum atomic E-state index is -0.617. The molecule has 43 heavy (non-hydrogen) atoms. The number of aromatic amines is 1. The summed E-state index contributed by atoms with van der Waals surface area (Å²) >= 11 is 12.2. The van der Waals surface area contributed by atoms with Gasteiger partial charge in [-0.25, -0.2) is 0 Å². The maximum absolute atomic E-state index is 13.0. The fraction of sp³-hybridized carbons (Fsp3) is 0.100. The molecule has 0 atom stereocenters. The van der Waals surface area contributed by atoms with Crippen molar-refractivity contribution < 1.29 is 19.2 Å². The van der Waals surface area contributed by atoms with Gasteiger partial charge in [0.1, 0.15) is 0 Å². The minimum Gasteiger partial charge on any atom is -0.322 e. The van der Waals surface area contributed by atoms with Crippen LogP contribution in [0.1, 0.15) is 31.2 Å². The first kappa shape index (κ1) is 31.0. The first-order chi connectivity index (χ1) is 20.6. The van der Waals surface area contributed by atoms with Gasteiger partial charge in [-0.05, 0) is 62.6 Å². The van der Waals surface area contributed by atoms with Crippen molar-refractivity contribution >= 4 is 69.6 Å². The van der Waals surface area contributed by atoms with Crippen LogP contribution in [0.25, 0.3) is 0 Å². The zero-order valence-electron chi connectivity index (χ0n) is 23.1. The van der Waals surface area contributed by atoms with Gasteiger partial charge in [-0.2, -0.15) is 5.10 Å². The van der Waals surface area contributed by atoms with Crippen LogP contribution in [0.5, 0.6) is 0 Å². The summed E-state index contributed by atoms with van der Waals surface area (Å²) in [5, 5.41) is 17.6. The standard InChI is InChI=1S/C30H27Cl2N7O4/c1-39(2)14-6-13-25(40)34-19-8-3-7-18(15-19)28(41)35-20-9-4-10-21(16-20)36-30(43)27-24(17-33-38-27)37-29(42)26-22(31)11-5-12-23(26)32/h3-13,15-17H,14H2,1-2H3,(H,33,38)(H,34,40)(H,35,41)(H,36,43)(H,37,42). The maximum Gasteiger partial charge on any atom is 0.278 e. The highest BCUT2D eigenvalue weighted by Crippen LogP contribution is 2.26. The molecule has 3 aromatic carbocycles. The lowest BCUT2D eigenvalue weighted by molar-refractivity contribution is -0.111. The second kappa shape index (κ2) is 14.3. The highest BCUT2D eigenvalue weighted by molar-refractivity contribution is 6.40. The van der Waals surface area contributed by atoms with E-state index in [0.29, 0.717) is 29.2 Å². The monoisotopic (exact) mass is 619 g/mol. The fourth-order valence-corrected chi connectivity index (χ4v) is 4.39. The predicted molar refractivity (Wildman–Crippen MR) is 168 cm³/mol. The molecule has 1 aromatic heterocycles. The normalized spacial score (nSPS) is 10.9. The smallest absolute Gasteiger partial charge is 0.278 e. The van der Waals surface area contributed by atoms with Crippen LogP contribution < -0.4 is 21.3 Å². The molecule has 4 aromatic rings. The third-order valence-corrected chi connectivity index (χ3v) is 6.43. The van der Waals surface area contributed by atoms with Crippen molar-refractivity contribution in [2.24, 2.45) is 0 Å². The Bertz CT molecular complexity index is 1680. The first-order valence-electron chi connectivity index (χ1n) is 12.8. The van der Waals surface area contributed by atoms with E-state index < -0.39 is 17.7 Å². The lowest BCUT2D eigenvalue weighted by atomic mass is 10.1. The second-order valence-electron chi connectivity index (χ2n) is 9.42.